The van der Waals surface area contributed by atoms with E-state index in [-0.39, 0.29) is 11.8 Å². The molecule has 172 valence electrons. The summed E-state index contributed by atoms with van der Waals surface area (Å²) in [6.07, 6.45) is 0.330. The SMILES string of the molecule is CCC(C)c1ccccc1OC(C)C(=O)Nc1ccc(C(=O)N(CC)c2ccccc2)cc1. The summed E-state index contributed by atoms with van der Waals surface area (Å²) < 4.78 is 5.99. The maximum atomic E-state index is 13.0. The molecule has 5 nitrogen and oxygen atoms in total. The second kappa shape index (κ2) is 11.3. The number of carbonyl (C=O) groups is 2. The third-order valence-electron chi connectivity index (χ3n) is 5.76. The van der Waals surface area contributed by atoms with Gasteiger partial charge < -0.3 is 15.0 Å². The number of rotatable bonds is 9. The summed E-state index contributed by atoms with van der Waals surface area (Å²) in [7, 11) is 0. The van der Waals surface area contributed by atoms with Crippen molar-refractivity contribution in [2.75, 3.05) is 16.8 Å². The molecule has 0 aliphatic heterocycles. The topological polar surface area (TPSA) is 58.6 Å². The largest absolute Gasteiger partial charge is 0.481 e. The van der Waals surface area contributed by atoms with Gasteiger partial charge in [-0.1, -0.05) is 50.2 Å². The van der Waals surface area contributed by atoms with E-state index in [1.807, 2.05) is 61.5 Å². The van der Waals surface area contributed by atoms with Crippen LogP contribution in [0.2, 0.25) is 0 Å². The molecule has 3 aromatic rings. The fourth-order valence-corrected chi connectivity index (χ4v) is 3.61. The van der Waals surface area contributed by atoms with E-state index in [4.69, 9.17) is 4.74 Å². The molecule has 2 unspecified atom stereocenters. The number of hydrogen-bond acceptors (Lipinski definition) is 3. The minimum Gasteiger partial charge on any atom is -0.481 e. The van der Waals surface area contributed by atoms with Gasteiger partial charge in [-0.25, -0.2) is 0 Å². The number of nitrogens with one attached hydrogen (secondary N) is 1. The van der Waals surface area contributed by atoms with Crippen LogP contribution in [0.1, 0.15) is 56.0 Å². The first kappa shape index (κ1) is 24.1. The van der Waals surface area contributed by atoms with Crippen molar-refractivity contribution >= 4 is 23.2 Å². The molecule has 2 amide bonds. The van der Waals surface area contributed by atoms with Gasteiger partial charge in [0.25, 0.3) is 11.8 Å². The summed E-state index contributed by atoms with van der Waals surface area (Å²) >= 11 is 0. The summed E-state index contributed by atoms with van der Waals surface area (Å²) in [5.74, 6) is 0.753. The molecule has 0 spiro atoms. The number of ether oxygens (including phenoxy) is 1. The molecule has 0 aliphatic rings. The number of amides is 2. The highest BCUT2D eigenvalue weighted by Crippen LogP contribution is 2.29. The minimum atomic E-state index is -0.662. The molecule has 0 radical (unpaired) electrons. The monoisotopic (exact) mass is 444 g/mol. The Labute approximate surface area is 196 Å². The quantitative estimate of drug-likeness (QED) is 0.423. The zero-order chi connectivity index (χ0) is 23.8. The van der Waals surface area contributed by atoms with Crippen molar-refractivity contribution in [1.82, 2.24) is 0 Å². The predicted molar refractivity (Wildman–Crippen MR) is 134 cm³/mol. The molecule has 3 aromatic carbocycles. The molecule has 3 rings (SSSR count). The Hall–Kier alpha value is -3.60. The molecule has 0 aromatic heterocycles. The molecular weight excluding hydrogens is 412 g/mol. The molecule has 2 atom stereocenters. The molecule has 0 fully saturated rings. The smallest absolute Gasteiger partial charge is 0.265 e. The molecule has 0 aliphatic carbocycles. The summed E-state index contributed by atoms with van der Waals surface area (Å²) in [4.78, 5) is 27.4. The van der Waals surface area contributed by atoms with Gasteiger partial charge in [-0.15, -0.1) is 0 Å². The average molecular weight is 445 g/mol. The normalized spacial score (nSPS) is 12.5. The van der Waals surface area contributed by atoms with E-state index in [9.17, 15) is 9.59 Å². The van der Waals surface area contributed by atoms with Crippen LogP contribution in [0, 0.1) is 0 Å². The second-order valence-electron chi connectivity index (χ2n) is 8.06. The van der Waals surface area contributed by atoms with Gasteiger partial charge in [-0.05, 0) is 74.2 Å². The molecule has 1 N–H and O–H groups in total. The predicted octanol–water partition coefficient (Wildman–Crippen LogP) is 6.27. The van der Waals surface area contributed by atoms with Crippen LogP contribution in [-0.4, -0.2) is 24.5 Å². The van der Waals surface area contributed by atoms with Crippen molar-refractivity contribution in [2.45, 2.75) is 46.1 Å². The third kappa shape index (κ3) is 6.01. The summed E-state index contributed by atoms with van der Waals surface area (Å²) in [5.41, 5.74) is 3.13. The Morgan fingerprint density at radius 2 is 1.52 bits per heavy atom. The van der Waals surface area contributed by atoms with E-state index in [0.29, 0.717) is 23.7 Å². The van der Waals surface area contributed by atoms with Gasteiger partial charge in [0, 0.05) is 23.5 Å². The van der Waals surface area contributed by atoms with E-state index in [0.717, 1.165) is 23.4 Å². The van der Waals surface area contributed by atoms with E-state index in [1.165, 1.54) is 0 Å². The van der Waals surface area contributed by atoms with Crippen molar-refractivity contribution < 1.29 is 14.3 Å². The molecule has 33 heavy (non-hydrogen) atoms. The van der Waals surface area contributed by atoms with Gasteiger partial charge in [0.2, 0.25) is 0 Å². The fraction of sp³-hybridized carbons (Fsp3) is 0.286. The van der Waals surface area contributed by atoms with Crippen LogP contribution >= 0.6 is 0 Å². The van der Waals surface area contributed by atoms with Gasteiger partial charge in [0.1, 0.15) is 5.75 Å². The van der Waals surface area contributed by atoms with Crippen LogP contribution in [-0.2, 0) is 4.79 Å². The van der Waals surface area contributed by atoms with Gasteiger partial charge in [0.15, 0.2) is 6.10 Å². The molecule has 0 bridgehead atoms. The van der Waals surface area contributed by atoms with Gasteiger partial charge in [-0.2, -0.15) is 0 Å². The Balaban J connectivity index is 1.65. The maximum Gasteiger partial charge on any atom is 0.265 e. The van der Waals surface area contributed by atoms with Crippen LogP contribution in [0.25, 0.3) is 0 Å². The van der Waals surface area contributed by atoms with Crippen molar-refractivity contribution in [3.8, 4) is 5.75 Å². The lowest BCUT2D eigenvalue weighted by atomic mass is 9.98. The molecule has 5 heteroatoms. The molecule has 0 saturated carbocycles. The van der Waals surface area contributed by atoms with E-state index < -0.39 is 6.10 Å². The summed E-state index contributed by atoms with van der Waals surface area (Å²) in [6.45, 7) is 8.52. The molecular formula is C28H32N2O3. The van der Waals surface area contributed by atoms with E-state index >= 15 is 0 Å². The number of hydrogen-bond donors (Lipinski definition) is 1. The first-order valence-electron chi connectivity index (χ1n) is 11.5. The minimum absolute atomic E-state index is 0.0834. The highest BCUT2D eigenvalue weighted by molar-refractivity contribution is 6.06. The lowest BCUT2D eigenvalue weighted by molar-refractivity contribution is -0.122. The van der Waals surface area contributed by atoms with Gasteiger partial charge >= 0.3 is 0 Å². The lowest BCUT2D eigenvalue weighted by Gasteiger charge is -2.21. The van der Waals surface area contributed by atoms with Crippen molar-refractivity contribution in [2.24, 2.45) is 0 Å². The summed E-state index contributed by atoms with van der Waals surface area (Å²) in [6, 6.07) is 24.4. The van der Waals surface area contributed by atoms with Crippen LogP contribution in [0.4, 0.5) is 11.4 Å². The van der Waals surface area contributed by atoms with Gasteiger partial charge in [0.05, 0.1) is 0 Å². The average Bonchev–Trinajstić information content (AvgIpc) is 2.85. The number of benzene rings is 3. The highest BCUT2D eigenvalue weighted by Gasteiger charge is 2.19. The maximum absolute atomic E-state index is 13.0. The lowest BCUT2D eigenvalue weighted by Crippen LogP contribution is -2.31. The van der Waals surface area contributed by atoms with E-state index in [1.54, 1.807) is 36.1 Å². The number of anilines is 2. The zero-order valence-electron chi connectivity index (χ0n) is 19.7. The Kier molecular flexibility index (Phi) is 8.25. The van der Waals surface area contributed by atoms with Crippen LogP contribution in [0.5, 0.6) is 5.75 Å². The van der Waals surface area contributed by atoms with Crippen LogP contribution < -0.4 is 15.0 Å². The highest BCUT2D eigenvalue weighted by atomic mass is 16.5. The standard InChI is InChI=1S/C28H32N2O3/c1-5-20(3)25-14-10-11-15-26(25)33-21(4)27(31)29-23-18-16-22(17-19-23)28(32)30(6-2)24-12-8-7-9-13-24/h7-21H,5-6H2,1-4H3,(H,29,31). The third-order valence-corrected chi connectivity index (χ3v) is 5.76. The first-order valence-corrected chi connectivity index (χ1v) is 11.5. The number of nitrogens with zero attached hydrogens (tertiary/aromatic N) is 1. The van der Waals surface area contributed by atoms with Crippen LogP contribution in [0.15, 0.2) is 78.9 Å². The fourth-order valence-electron chi connectivity index (χ4n) is 3.61. The first-order chi connectivity index (χ1) is 15.9. The molecule has 0 saturated heterocycles. The van der Waals surface area contributed by atoms with E-state index in [2.05, 4.69) is 19.2 Å². The van der Waals surface area contributed by atoms with Gasteiger partial charge in [-0.3, -0.25) is 9.59 Å². The molecule has 0 heterocycles. The summed E-state index contributed by atoms with van der Waals surface area (Å²) in [5, 5.41) is 2.88. The van der Waals surface area contributed by atoms with Crippen LogP contribution in [0.3, 0.4) is 0 Å². The second-order valence-corrected chi connectivity index (χ2v) is 8.06. The number of carbonyl (C=O) groups excluding carboxylic acids is 2. The Morgan fingerprint density at radius 1 is 0.879 bits per heavy atom. The van der Waals surface area contributed by atoms with Crippen molar-refractivity contribution in [3.05, 3.63) is 90.0 Å². The number of para-hydroxylation sites is 2. The Bertz CT molecular complexity index is 1060. The van der Waals surface area contributed by atoms with Crippen molar-refractivity contribution in [3.63, 3.8) is 0 Å². The Morgan fingerprint density at radius 3 is 2.15 bits per heavy atom. The zero-order valence-corrected chi connectivity index (χ0v) is 19.7. The van der Waals surface area contributed by atoms with Crippen molar-refractivity contribution in [1.29, 1.82) is 0 Å².